The van der Waals surface area contributed by atoms with E-state index < -0.39 is 6.03 Å². The lowest BCUT2D eigenvalue weighted by Crippen LogP contribution is -2.53. The van der Waals surface area contributed by atoms with Gasteiger partial charge in [0.25, 0.3) is 0 Å². The standard InChI is InChI=1S/C10H19N3O3/c1-3-8-6-13(4-5-16-8)7(2)9(14)12-10(11)15/h7-8H,3-6H2,1-2H3,(H3,11,12,14,15)/t7-,8-/m1/s1. The number of ether oxygens (including phenoxy) is 1. The molecular formula is C10H19N3O3. The summed E-state index contributed by atoms with van der Waals surface area (Å²) in [7, 11) is 0. The van der Waals surface area contributed by atoms with Gasteiger partial charge in [0.1, 0.15) is 0 Å². The van der Waals surface area contributed by atoms with Crippen LogP contribution in [0.25, 0.3) is 0 Å². The molecule has 92 valence electrons. The van der Waals surface area contributed by atoms with Gasteiger partial charge in [-0.3, -0.25) is 15.0 Å². The third-order valence-electron chi connectivity index (χ3n) is 2.80. The van der Waals surface area contributed by atoms with Crippen LogP contribution in [0, 0.1) is 0 Å². The number of rotatable bonds is 3. The number of urea groups is 1. The van der Waals surface area contributed by atoms with Crippen molar-refractivity contribution in [3.8, 4) is 0 Å². The zero-order valence-corrected chi connectivity index (χ0v) is 9.73. The number of hydrogen-bond donors (Lipinski definition) is 2. The summed E-state index contributed by atoms with van der Waals surface area (Å²) in [5.41, 5.74) is 4.90. The van der Waals surface area contributed by atoms with Gasteiger partial charge in [-0.1, -0.05) is 6.92 Å². The van der Waals surface area contributed by atoms with Crippen molar-refractivity contribution in [1.82, 2.24) is 10.2 Å². The highest BCUT2D eigenvalue weighted by Crippen LogP contribution is 2.11. The molecule has 6 nitrogen and oxygen atoms in total. The second kappa shape index (κ2) is 5.81. The highest BCUT2D eigenvalue weighted by molar-refractivity contribution is 5.96. The number of nitrogens with zero attached hydrogens (tertiary/aromatic N) is 1. The van der Waals surface area contributed by atoms with Crippen molar-refractivity contribution in [2.45, 2.75) is 32.4 Å². The van der Waals surface area contributed by atoms with Gasteiger partial charge in [-0.05, 0) is 13.3 Å². The number of nitrogens with one attached hydrogen (secondary N) is 1. The quantitative estimate of drug-likeness (QED) is 0.694. The first-order valence-corrected chi connectivity index (χ1v) is 5.50. The normalized spacial score (nSPS) is 23.8. The molecule has 1 aliphatic heterocycles. The van der Waals surface area contributed by atoms with Crippen molar-refractivity contribution in [2.75, 3.05) is 19.7 Å². The van der Waals surface area contributed by atoms with Gasteiger partial charge in [-0.15, -0.1) is 0 Å². The summed E-state index contributed by atoms with van der Waals surface area (Å²) in [5, 5.41) is 2.09. The number of hydrogen-bond acceptors (Lipinski definition) is 4. The molecule has 0 saturated carbocycles. The summed E-state index contributed by atoms with van der Waals surface area (Å²) >= 11 is 0. The van der Waals surface area contributed by atoms with Crippen LogP contribution < -0.4 is 11.1 Å². The Kier molecular flexibility index (Phi) is 4.70. The number of morpholine rings is 1. The summed E-state index contributed by atoms with van der Waals surface area (Å²) in [6.45, 7) is 5.83. The van der Waals surface area contributed by atoms with E-state index in [4.69, 9.17) is 10.5 Å². The SMILES string of the molecule is CC[C@@H]1CN([C@H](C)C(=O)NC(N)=O)CCO1. The maximum absolute atomic E-state index is 11.6. The van der Waals surface area contributed by atoms with E-state index in [2.05, 4.69) is 5.32 Å². The molecule has 16 heavy (non-hydrogen) atoms. The van der Waals surface area contributed by atoms with Crippen LogP contribution in [-0.4, -0.2) is 48.7 Å². The van der Waals surface area contributed by atoms with Crippen molar-refractivity contribution in [3.05, 3.63) is 0 Å². The summed E-state index contributed by atoms with van der Waals surface area (Å²) in [5.74, 6) is -0.357. The highest BCUT2D eigenvalue weighted by Gasteiger charge is 2.27. The van der Waals surface area contributed by atoms with Crippen molar-refractivity contribution >= 4 is 11.9 Å². The molecule has 0 aromatic rings. The Bertz CT molecular complexity index is 270. The van der Waals surface area contributed by atoms with Crippen LogP contribution >= 0.6 is 0 Å². The fourth-order valence-corrected chi connectivity index (χ4v) is 1.73. The molecule has 2 atom stereocenters. The van der Waals surface area contributed by atoms with Crippen molar-refractivity contribution in [3.63, 3.8) is 0 Å². The molecule has 1 aliphatic rings. The maximum Gasteiger partial charge on any atom is 0.318 e. The van der Waals surface area contributed by atoms with Gasteiger partial charge in [0.2, 0.25) is 5.91 Å². The van der Waals surface area contributed by atoms with Crippen LogP contribution in [0.15, 0.2) is 0 Å². The van der Waals surface area contributed by atoms with Crippen LogP contribution in [0.4, 0.5) is 4.79 Å². The Labute approximate surface area is 95.1 Å². The average molecular weight is 229 g/mol. The van der Waals surface area contributed by atoms with Crippen LogP contribution in [-0.2, 0) is 9.53 Å². The predicted octanol–water partition coefficient (Wildman–Crippen LogP) is -0.319. The molecule has 0 radical (unpaired) electrons. The van der Waals surface area contributed by atoms with Crippen LogP contribution in [0.1, 0.15) is 20.3 Å². The minimum absolute atomic E-state index is 0.164. The molecule has 3 N–H and O–H groups in total. The van der Waals surface area contributed by atoms with E-state index in [9.17, 15) is 9.59 Å². The first-order chi connectivity index (χ1) is 7.54. The van der Waals surface area contributed by atoms with E-state index in [1.54, 1.807) is 6.92 Å². The van der Waals surface area contributed by atoms with E-state index in [-0.39, 0.29) is 18.1 Å². The van der Waals surface area contributed by atoms with Gasteiger partial charge in [0, 0.05) is 13.1 Å². The molecule has 1 heterocycles. The van der Waals surface area contributed by atoms with Gasteiger partial charge in [-0.25, -0.2) is 4.79 Å². The second-order valence-electron chi connectivity index (χ2n) is 3.93. The lowest BCUT2D eigenvalue weighted by molar-refractivity contribution is -0.128. The molecule has 0 aromatic heterocycles. The predicted molar refractivity (Wildman–Crippen MR) is 58.8 cm³/mol. The Morgan fingerprint density at radius 3 is 2.88 bits per heavy atom. The number of carbonyl (C=O) groups is 2. The zero-order valence-electron chi connectivity index (χ0n) is 9.73. The van der Waals surface area contributed by atoms with Crippen molar-refractivity contribution in [2.24, 2.45) is 5.73 Å². The largest absolute Gasteiger partial charge is 0.376 e. The zero-order chi connectivity index (χ0) is 12.1. The Morgan fingerprint density at radius 1 is 1.62 bits per heavy atom. The smallest absolute Gasteiger partial charge is 0.318 e. The van der Waals surface area contributed by atoms with Gasteiger partial charge in [0.05, 0.1) is 18.8 Å². The van der Waals surface area contributed by atoms with Gasteiger partial charge in [-0.2, -0.15) is 0 Å². The van der Waals surface area contributed by atoms with E-state index in [1.807, 2.05) is 11.8 Å². The molecule has 1 saturated heterocycles. The summed E-state index contributed by atoms with van der Waals surface area (Å²) in [6.07, 6.45) is 1.08. The Hall–Kier alpha value is -1.14. The van der Waals surface area contributed by atoms with Gasteiger partial charge in [0.15, 0.2) is 0 Å². The van der Waals surface area contributed by atoms with Gasteiger partial charge < -0.3 is 10.5 Å². The van der Waals surface area contributed by atoms with Crippen LogP contribution in [0.2, 0.25) is 0 Å². The topological polar surface area (TPSA) is 84.7 Å². The molecule has 0 bridgehead atoms. The minimum atomic E-state index is -0.808. The molecule has 0 aromatic carbocycles. The molecule has 0 spiro atoms. The number of imide groups is 1. The number of amides is 3. The van der Waals surface area contributed by atoms with Crippen molar-refractivity contribution < 1.29 is 14.3 Å². The fourth-order valence-electron chi connectivity index (χ4n) is 1.73. The fraction of sp³-hybridized carbons (Fsp3) is 0.800. The van der Waals surface area contributed by atoms with E-state index in [0.717, 1.165) is 6.42 Å². The second-order valence-corrected chi connectivity index (χ2v) is 3.93. The Balaban J connectivity index is 2.49. The first kappa shape index (κ1) is 12.9. The molecule has 1 fully saturated rings. The molecule has 0 aliphatic carbocycles. The molecule has 0 unspecified atom stereocenters. The summed E-state index contributed by atoms with van der Waals surface area (Å²) < 4.78 is 5.50. The first-order valence-electron chi connectivity index (χ1n) is 5.50. The third-order valence-corrected chi connectivity index (χ3v) is 2.80. The van der Waals surface area contributed by atoms with E-state index in [0.29, 0.717) is 19.7 Å². The lowest BCUT2D eigenvalue weighted by atomic mass is 10.1. The van der Waals surface area contributed by atoms with Gasteiger partial charge >= 0.3 is 6.03 Å². The molecule has 3 amide bonds. The van der Waals surface area contributed by atoms with E-state index in [1.165, 1.54) is 0 Å². The monoisotopic (exact) mass is 229 g/mol. The average Bonchev–Trinajstić information content (AvgIpc) is 2.27. The molecule has 6 heteroatoms. The van der Waals surface area contributed by atoms with Crippen molar-refractivity contribution in [1.29, 1.82) is 0 Å². The van der Waals surface area contributed by atoms with E-state index >= 15 is 0 Å². The minimum Gasteiger partial charge on any atom is -0.376 e. The Morgan fingerprint density at radius 2 is 2.31 bits per heavy atom. The summed E-state index contributed by atoms with van der Waals surface area (Å²) in [4.78, 5) is 24.1. The lowest BCUT2D eigenvalue weighted by Gasteiger charge is -2.35. The maximum atomic E-state index is 11.6. The highest BCUT2D eigenvalue weighted by atomic mass is 16.5. The summed E-state index contributed by atoms with van der Waals surface area (Å²) in [6, 6.07) is -1.16. The third kappa shape index (κ3) is 3.46. The van der Waals surface area contributed by atoms with Crippen LogP contribution in [0.5, 0.6) is 0 Å². The number of nitrogens with two attached hydrogens (primary N) is 1. The molecular weight excluding hydrogens is 210 g/mol. The number of primary amides is 1. The van der Waals surface area contributed by atoms with Crippen LogP contribution in [0.3, 0.4) is 0 Å². The molecule has 1 rings (SSSR count). The number of carbonyl (C=O) groups excluding carboxylic acids is 2.